The van der Waals surface area contributed by atoms with Crippen molar-refractivity contribution in [2.24, 2.45) is 5.92 Å². The minimum atomic E-state index is -0.553. The highest BCUT2D eigenvalue weighted by atomic mass is 16.5. The Kier molecular flexibility index (Phi) is 6.07. The first kappa shape index (κ1) is 16.9. The smallest absolute Gasteiger partial charge is 0.360 e. The predicted molar refractivity (Wildman–Crippen MR) is 79.3 cm³/mol. The van der Waals surface area contributed by atoms with E-state index >= 15 is 0 Å². The minimum Gasteiger partial charge on any atom is -0.464 e. The summed E-state index contributed by atoms with van der Waals surface area (Å²) >= 11 is 0. The van der Waals surface area contributed by atoms with Gasteiger partial charge in [-0.15, -0.1) is 5.10 Å². The maximum absolute atomic E-state index is 11.6. The molecule has 23 heavy (non-hydrogen) atoms. The van der Waals surface area contributed by atoms with E-state index in [-0.39, 0.29) is 29.8 Å². The van der Waals surface area contributed by atoms with Crippen LogP contribution in [-0.4, -0.2) is 53.0 Å². The zero-order chi connectivity index (χ0) is 16.7. The number of carbonyl (C=O) groups is 3. The summed E-state index contributed by atoms with van der Waals surface area (Å²) in [4.78, 5) is 34.4. The molecule has 0 spiro atoms. The Bertz CT molecular complexity index is 567. The van der Waals surface area contributed by atoms with Crippen molar-refractivity contribution in [3.8, 4) is 0 Å². The van der Waals surface area contributed by atoms with Crippen molar-refractivity contribution in [1.29, 1.82) is 0 Å². The number of esters is 1. The monoisotopic (exact) mass is 323 g/mol. The molecule has 1 fully saturated rings. The fourth-order valence-electron chi connectivity index (χ4n) is 2.12. The van der Waals surface area contributed by atoms with Gasteiger partial charge >= 0.3 is 5.97 Å². The van der Waals surface area contributed by atoms with Crippen LogP contribution in [0.2, 0.25) is 0 Å². The molecule has 2 N–H and O–H groups in total. The Hall–Kier alpha value is -2.45. The van der Waals surface area contributed by atoms with Crippen molar-refractivity contribution in [2.45, 2.75) is 32.2 Å². The second-order valence-electron chi connectivity index (χ2n) is 5.38. The van der Waals surface area contributed by atoms with Crippen molar-refractivity contribution in [3.05, 3.63) is 11.9 Å². The number of hydrogen-bond donors (Lipinski definition) is 2. The summed E-state index contributed by atoms with van der Waals surface area (Å²) in [5.74, 6) is -0.522. The van der Waals surface area contributed by atoms with Crippen molar-refractivity contribution >= 4 is 17.8 Å². The third kappa shape index (κ3) is 5.04. The quantitative estimate of drug-likeness (QED) is 0.623. The molecule has 1 aromatic heterocycles. The minimum absolute atomic E-state index is 0.0435. The zero-order valence-electron chi connectivity index (χ0n) is 13.1. The van der Waals surface area contributed by atoms with Crippen molar-refractivity contribution in [2.75, 3.05) is 20.2 Å². The standard InChI is InChI=1S/C14H21N5O4/c1-23-14(22)11-9-19(18-17-11)8-7-15-12(20)5-6-16-13(21)10-3-2-4-10/h9-10H,2-8H2,1H3,(H,15,20)(H,16,21). The van der Waals surface area contributed by atoms with Crippen LogP contribution in [0.5, 0.6) is 0 Å². The maximum atomic E-state index is 11.6. The molecule has 0 bridgehead atoms. The van der Waals surface area contributed by atoms with E-state index in [1.54, 1.807) is 0 Å². The zero-order valence-corrected chi connectivity index (χ0v) is 13.1. The predicted octanol–water partition coefficient (Wildman–Crippen LogP) is -0.513. The van der Waals surface area contributed by atoms with Crippen LogP contribution in [0.1, 0.15) is 36.2 Å². The lowest BCUT2D eigenvalue weighted by molar-refractivity contribution is -0.127. The van der Waals surface area contributed by atoms with Crippen LogP contribution >= 0.6 is 0 Å². The lowest BCUT2D eigenvalue weighted by Crippen LogP contribution is -2.37. The second-order valence-corrected chi connectivity index (χ2v) is 5.38. The van der Waals surface area contributed by atoms with Gasteiger partial charge in [-0.25, -0.2) is 9.48 Å². The Labute approximate surface area is 133 Å². The average Bonchev–Trinajstić information content (AvgIpc) is 2.93. The van der Waals surface area contributed by atoms with Gasteiger partial charge in [-0.1, -0.05) is 11.6 Å². The van der Waals surface area contributed by atoms with Crippen LogP contribution in [0.15, 0.2) is 6.20 Å². The fourth-order valence-corrected chi connectivity index (χ4v) is 2.12. The summed E-state index contributed by atoms with van der Waals surface area (Å²) in [6.45, 7) is 1.10. The lowest BCUT2D eigenvalue weighted by atomic mass is 9.85. The van der Waals surface area contributed by atoms with Crippen LogP contribution in [0.25, 0.3) is 0 Å². The second kappa shape index (κ2) is 8.25. The van der Waals surface area contributed by atoms with Crippen LogP contribution in [0.4, 0.5) is 0 Å². The Balaban J connectivity index is 1.58. The van der Waals surface area contributed by atoms with E-state index in [2.05, 4.69) is 25.7 Å². The molecule has 1 aliphatic carbocycles. The van der Waals surface area contributed by atoms with Crippen LogP contribution in [0, 0.1) is 5.92 Å². The molecule has 9 heteroatoms. The van der Waals surface area contributed by atoms with Crippen LogP contribution in [0.3, 0.4) is 0 Å². The number of amides is 2. The van der Waals surface area contributed by atoms with Gasteiger partial charge in [-0.3, -0.25) is 9.59 Å². The molecule has 1 heterocycles. The molecule has 2 amide bonds. The third-order valence-corrected chi connectivity index (χ3v) is 3.72. The molecule has 0 aliphatic heterocycles. The summed E-state index contributed by atoms with van der Waals surface area (Å²) in [5, 5.41) is 12.9. The number of aromatic nitrogens is 3. The summed E-state index contributed by atoms with van der Waals surface area (Å²) in [6, 6.07) is 0. The number of rotatable bonds is 8. The summed E-state index contributed by atoms with van der Waals surface area (Å²) in [5.41, 5.74) is 0.123. The van der Waals surface area contributed by atoms with Crippen molar-refractivity contribution < 1.29 is 19.1 Å². The molecular formula is C14H21N5O4. The highest BCUT2D eigenvalue weighted by Gasteiger charge is 2.24. The SMILES string of the molecule is COC(=O)c1cn(CCNC(=O)CCNC(=O)C2CCC2)nn1. The van der Waals surface area contributed by atoms with Crippen molar-refractivity contribution in [3.63, 3.8) is 0 Å². The van der Waals surface area contributed by atoms with E-state index in [1.165, 1.54) is 18.0 Å². The van der Waals surface area contributed by atoms with Gasteiger partial charge in [-0.05, 0) is 12.8 Å². The first-order valence-corrected chi connectivity index (χ1v) is 7.63. The highest BCUT2D eigenvalue weighted by molar-refractivity contribution is 5.86. The number of ether oxygens (including phenoxy) is 1. The topological polar surface area (TPSA) is 115 Å². The van der Waals surface area contributed by atoms with Gasteiger partial charge in [0.2, 0.25) is 11.8 Å². The molecule has 0 radical (unpaired) electrons. The van der Waals surface area contributed by atoms with Crippen LogP contribution < -0.4 is 10.6 Å². The molecule has 0 unspecified atom stereocenters. The van der Waals surface area contributed by atoms with E-state index in [0.717, 1.165) is 19.3 Å². The Morgan fingerprint density at radius 2 is 2.09 bits per heavy atom. The van der Waals surface area contributed by atoms with Gasteiger partial charge in [0, 0.05) is 25.4 Å². The van der Waals surface area contributed by atoms with Crippen molar-refractivity contribution in [1.82, 2.24) is 25.6 Å². The normalized spacial score (nSPS) is 14.0. The largest absolute Gasteiger partial charge is 0.464 e. The molecule has 0 aromatic carbocycles. The fraction of sp³-hybridized carbons (Fsp3) is 0.643. The van der Waals surface area contributed by atoms with E-state index in [1.807, 2.05) is 0 Å². The molecule has 2 rings (SSSR count). The first-order valence-electron chi connectivity index (χ1n) is 7.63. The van der Waals surface area contributed by atoms with Gasteiger partial charge < -0.3 is 15.4 Å². The molecule has 9 nitrogen and oxygen atoms in total. The summed E-state index contributed by atoms with van der Waals surface area (Å²) in [6.07, 6.45) is 4.70. The average molecular weight is 323 g/mol. The number of methoxy groups -OCH3 is 1. The van der Waals surface area contributed by atoms with E-state index in [9.17, 15) is 14.4 Å². The van der Waals surface area contributed by atoms with Gasteiger partial charge in [0.1, 0.15) is 0 Å². The van der Waals surface area contributed by atoms with E-state index in [4.69, 9.17) is 0 Å². The third-order valence-electron chi connectivity index (χ3n) is 3.72. The highest BCUT2D eigenvalue weighted by Crippen LogP contribution is 2.25. The molecule has 126 valence electrons. The number of hydrogen-bond acceptors (Lipinski definition) is 6. The van der Waals surface area contributed by atoms with Gasteiger partial charge in [0.05, 0.1) is 19.9 Å². The number of nitrogens with zero attached hydrogens (tertiary/aromatic N) is 3. The summed E-state index contributed by atoms with van der Waals surface area (Å²) in [7, 11) is 1.27. The Morgan fingerprint density at radius 1 is 1.30 bits per heavy atom. The first-order chi connectivity index (χ1) is 11.1. The Morgan fingerprint density at radius 3 is 2.74 bits per heavy atom. The summed E-state index contributed by atoms with van der Waals surface area (Å²) < 4.78 is 5.98. The lowest BCUT2D eigenvalue weighted by Gasteiger charge is -2.23. The molecule has 1 aliphatic rings. The maximum Gasteiger partial charge on any atom is 0.360 e. The molecular weight excluding hydrogens is 302 g/mol. The van der Waals surface area contributed by atoms with Crippen LogP contribution in [-0.2, 0) is 20.9 Å². The van der Waals surface area contributed by atoms with Gasteiger partial charge in [-0.2, -0.15) is 0 Å². The van der Waals surface area contributed by atoms with Gasteiger partial charge in [0.25, 0.3) is 0 Å². The molecule has 1 aromatic rings. The van der Waals surface area contributed by atoms with E-state index in [0.29, 0.717) is 19.6 Å². The van der Waals surface area contributed by atoms with E-state index < -0.39 is 5.97 Å². The number of nitrogens with one attached hydrogen (secondary N) is 2. The number of carbonyl (C=O) groups excluding carboxylic acids is 3. The molecule has 1 saturated carbocycles. The van der Waals surface area contributed by atoms with Gasteiger partial charge in [0.15, 0.2) is 5.69 Å². The molecule has 0 saturated heterocycles. The molecule has 0 atom stereocenters.